The Kier molecular flexibility index (Phi) is 2.67. The lowest BCUT2D eigenvalue weighted by Crippen LogP contribution is -2.08. The van der Waals surface area contributed by atoms with Gasteiger partial charge in [-0.3, -0.25) is 0 Å². The second kappa shape index (κ2) is 4.33. The number of pyridine rings is 1. The van der Waals surface area contributed by atoms with Crippen LogP contribution in [0.4, 0.5) is 11.5 Å². The molecule has 3 N–H and O–H groups in total. The van der Waals surface area contributed by atoms with Crippen molar-refractivity contribution in [2.24, 2.45) is 0 Å². The summed E-state index contributed by atoms with van der Waals surface area (Å²) in [6.07, 6.45) is 4.08. The fourth-order valence-corrected chi connectivity index (χ4v) is 2.52. The minimum Gasteiger partial charge on any atom is -0.399 e. The summed E-state index contributed by atoms with van der Waals surface area (Å²) in [5, 5.41) is 3.49. The second-order valence-corrected chi connectivity index (χ2v) is 4.91. The SMILES string of the molecule is Cc1ccc(NC2CCc3cc(N)ccc32)nc1. The van der Waals surface area contributed by atoms with Crippen molar-refractivity contribution in [2.45, 2.75) is 25.8 Å². The van der Waals surface area contributed by atoms with Gasteiger partial charge in [0.05, 0.1) is 6.04 Å². The fourth-order valence-electron chi connectivity index (χ4n) is 2.52. The molecule has 3 heteroatoms. The van der Waals surface area contributed by atoms with Crippen LogP contribution in [0.15, 0.2) is 36.5 Å². The van der Waals surface area contributed by atoms with E-state index in [1.807, 2.05) is 25.3 Å². The van der Waals surface area contributed by atoms with Crippen LogP contribution in [0.25, 0.3) is 0 Å². The molecule has 0 saturated carbocycles. The van der Waals surface area contributed by atoms with Crippen LogP contribution < -0.4 is 11.1 Å². The van der Waals surface area contributed by atoms with Gasteiger partial charge < -0.3 is 11.1 Å². The van der Waals surface area contributed by atoms with E-state index in [-0.39, 0.29) is 0 Å². The van der Waals surface area contributed by atoms with Crippen molar-refractivity contribution in [1.29, 1.82) is 0 Å². The molecular weight excluding hydrogens is 222 g/mol. The average molecular weight is 239 g/mol. The van der Waals surface area contributed by atoms with E-state index in [9.17, 15) is 0 Å². The van der Waals surface area contributed by atoms with E-state index in [4.69, 9.17) is 5.73 Å². The number of hydrogen-bond acceptors (Lipinski definition) is 3. The zero-order valence-electron chi connectivity index (χ0n) is 10.5. The van der Waals surface area contributed by atoms with E-state index in [0.29, 0.717) is 6.04 Å². The van der Waals surface area contributed by atoms with Gasteiger partial charge in [0.1, 0.15) is 5.82 Å². The van der Waals surface area contributed by atoms with Crippen LogP contribution in [-0.2, 0) is 6.42 Å². The molecule has 1 aromatic carbocycles. The van der Waals surface area contributed by atoms with Gasteiger partial charge in [-0.25, -0.2) is 4.98 Å². The number of benzene rings is 1. The molecule has 92 valence electrons. The van der Waals surface area contributed by atoms with Crippen LogP contribution in [0.2, 0.25) is 0 Å². The number of nitrogen functional groups attached to an aromatic ring is 1. The lowest BCUT2D eigenvalue weighted by atomic mass is 10.1. The maximum absolute atomic E-state index is 5.81. The standard InChI is InChI=1S/C15H17N3/c1-10-2-7-15(17-9-10)18-14-6-3-11-8-12(16)4-5-13(11)14/h2,4-5,7-9,14H,3,6,16H2,1H3,(H,17,18). The molecule has 0 fully saturated rings. The van der Waals surface area contributed by atoms with Gasteiger partial charge in [0, 0.05) is 11.9 Å². The Labute approximate surface area is 107 Å². The summed E-state index contributed by atoms with van der Waals surface area (Å²) in [5.74, 6) is 0.940. The lowest BCUT2D eigenvalue weighted by Gasteiger charge is -2.15. The second-order valence-electron chi connectivity index (χ2n) is 4.91. The zero-order chi connectivity index (χ0) is 12.5. The first kappa shape index (κ1) is 11.1. The molecule has 0 amide bonds. The first-order valence-electron chi connectivity index (χ1n) is 6.30. The van der Waals surface area contributed by atoms with Gasteiger partial charge in [-0.1, -0.05) is 12.1 Å². The molecule has 1 atom stereocenters. The fraction of sp³-hybridized carbons (Fsp3) is 0.267. The summed E-state index contributed by atoms with van der Waals surface area (Å²) in [7, 11) is 0. The van der Waals surface area contributed by atoms with Crippen molar-refractivity contribution < 1.29 is 0 Å². The molecule has 1 aliphatic rings. The van der Waals surface area contributed by atoms with Gasteiger partial charge in [-0.2, -0.15) is 0 Å². The van der Waals surface area contributed by atoms with E-state index in [0.717, 1.165) is 24.3 Å². The van der Waals surface area contributed by atoms with E-state index >= 15 is 0 Å². The molecule has 1 heterocycles. The van der Waals surface area contributed by atoms with Crippen molar-refractivity contribution in [3.8, 4) is 0 Å². The minimum atomic E-state index is 0.357. The molecule has 1 unspecified atom stereocenters. The number of aryl methyl sites for hydroxylation is 2. The summed E-state index contributed by atoms with van der Waals surface area (Å²) < 4.78 is 0. The van der Waals surface area contributed by atoms with Crippen molar-refractivity contribution in [1.82, 2.24) is 4.98 Å². The predicted molar refractivity (Wildman–Crippen MR) is 74.5 cm³/mol. The van der Waals surface area contributed by atoms with E-state index in [2.05, 4.69) is 28.5 Å². The Hall–Kier alpha value is -2.03. The first-order valence-corrected chi connectivity index (χ1v) is 6.30. The largest absolute Gasteiger partial charge is 0.399 e. The number of hydrogen-bond donors (Lipinski definition) is 2. The monoisotopic (exact) mass is 239 g/mol. The normalized spacial score (nSPS) is 17.5. The highest BCUT2D eigenvalue weighted by Crippen LogP contribution is 2.34. The van der Waals surface area contributed by atoms with Crippen LogP contribution in [0.1, 0.15) is 29.2 Å². The number of rotatable bonds is 2. The van der Waals surface area contributed by atoms with Gasteiger partial charge in [0.25, 0.3) is 0 Å². The highest BCUT2D eigenvalue weighted by atomic mass is 15.0. The average Bonchev–Trinajstić information content (AvgIpc) is 2.74. The predicted octanol–water partition coefficient (Wildman–Crippen LogP) is 3.07. The Morgan fingerprint density at radius 1 is 1.28 bits per heavy atom. The highest BCUT2D eigenvalue weighted by Gasteiger charge is 2.22. The number of nitrogens with two attached hydrogens (primary N) is 1. The zero-order valence-corrected chi connectivity index (χ0v) is 10.5. The molecule has 0 saturated heterocycles. The highest BCUT2D eigenvalue weighted by molar-refractivity contribution is 5.50. The number of fused-ring (bicyclic) bond motifs is 1. The molecule has 0 bridgehead atoms. The molecule has 3 nitrogen and oxygen atoms in total. The Morgan fingerprint density at radius 2 is 2.17 bits per heavy atom. The number of aromatic nitrogens is 1. The molecule has 1 aromatic heterocycles. The number of nitrogens with zero attached hydrogens (tertiary/aromatic N) is 1. The lowest BCUT2D eigenvalue weighted by molar-refractivity contribution is 0.757. The molecule has 0 radical (unpaired) electrons. The van der Waals surface area contributed by atoms with E-state index in [1.165, 1.54) is 16.7 Å². The third-order valence-corrected chi connectivity index (χ3v) is 3.48. The summed E-state index contributed by atoms with van der Waals surface area (Å²) in [6.45, 7) is 2.05. The first-order chi connectivity index (χ1) is 8.72. The molecule has 0 aliphatic heterocycles. The van der Waals surface area contributed by atoms with E-state index in [1.54, 1.807) is 0 Å². The van der Waals surface area contributed by atoms with Crippen molar-refractivity contribution in [3.05, 3.63) is 53.2 Å². The summed E-state index contributed by atoms with van der Waals surface area (Å²) in [5.41, 5.74) is 10.6. The van der Waals surface area contributed by atoms with Gasteiger partial charge in [0.15, 0.2) is 0 Å². The quantitative estimate of drug-likeness (QED) is 0.792. The maximum atomic E-state index is 5.81. The van der Waals surface area contributed by atoms with Gasteiger partial charge in [-0.15, -0.1) is 0 Å². The van der Waals surface area contributed by atoms with Gasteiger partial charge in [-0.05, 0) is 54.7 Å². The van der Waals surface area contributed by atoms with E-state index < -0.39 is 0 Å². The number of nitrogens with one attached hydrogen (secondary N) is 1. The van der Waals surface area contributed by atoms with Crippen LogP contribution in [0.3, 0.4) is 0 Å². The molecule has 1 aliphatic carbocycles. The molecular formula is C15H17N3. The Balaban J connectivity index is 1.82. The molecule has 0 spiro atoms. The third-order valence-electron chi connectivity index (χ3n) is 3.48. The molecule has 18 heavy (non-hydrogen) atoms. The summed E-state index contributed by atoms with van der Waals surface area (Å²) in [6, 6.07) is 10.7. The van der Waals surface area contributed by atoms with Gasteiger partial charge in [0.2, 0.25) is 0 Å². The molecule has 3 rings (SSSR count). The smallest absolute Gasteiger partial charge is 0.126 e. The maximum Gasteiger partial charge on any atom is 0.126 e. The van der Waals surface area contributed by atoms with Crippen LogP contribution in [0.5, 0.6) is 0 Å². The van der Waals surface area contributed by atoms with Crippen LogP contribution >= 0.6 is 0 Å². The van der Waals surface area contributed by atoms with Crippen molar-refractivity contribution >= 4 is 11.5 Å². The van der Waals surface area contributed by atoms with Crippen molar-refractivity contribution in [2.75, 3.05) is 11.1 Å². The Bertz CT molecular complexity index is 560. The van der Waals surface area contributed by atoms with Crippen molar-refractivity contribution in [3.63, 3.8) is 0 Å². The van der Waals surface area contributed by atoms with Crippen LogP contribution in [0, 0.1) is 6.92 Å². The van der Waals surface area contributed by atoms with Crippen LogP contribution in [-0.4, -0.2) is 4.98 Å². The third kappa shape index (κ3) is 2.04. The Morgan fingerprint density at radius 3 is 2.94 bits per heavy atom. The summed E-state index contributed by atoms with van der Waals surface area (Å²) in [4.78, 5) is 4.40. The topological polar surface area (TPSA) is 50.9 Å². The molecule has 2 aromatic rings. The minimum absolute atomic E-state index is 0.357. The summed E-state index contributed by atoms with van der Waals surface area (Å²) >= 11 is 0. The number of anilines is 2. The van der Waals surface area contributed by atoms with Gasteiger partial charge >= 0.3 is 0 Å².